The molecule has 0 saturated carbocycles. The molecule has 2 aliphatic heterocycles. The number of rotatable bonds is 3. The normalized spacial score (nSPS) is 25.7. The van der Waals surface area contributed by atoms with Gasteiger partial charge in [-0.15, -0.1) is 0 Å². The van der Waals surface area contributed by atoms with Gasteiger partial charge in [-0.05, 0) is 56.0 Å². The van der Waals surface area contributed by atoms with E-state index < -0.39 is 0 Å². The number of fused-ring (bicyclic) bond motifs is 2. The van der Waals surface area contributed by atoms with Crippen LogP contribution in [0.25, 0.3) is 11.3 Å². The second-order valence-electron chi connectivity index (χ2n) is 6.51. The van der Waals surface area contributed by atoms with Crippen LogP contribution in [-0.2, 0) is 0 Å². The molecule has 120 valence electrons. The summed E-state index contributed by atoms with van der Waals surface area (Å²) < 4.78 is 19.6. The molecule has 1 aromatic carbocycles. The highest BCUT2D eigenvalue weighted by Crippen LogP contribution is 2.29. The maximum absolute atomic E-state index is 14.0. The Hall–Kier alpha value is -2.14. The van der Waals surface area contributed by atoms with Crippen LogP contribution in [-0.4, -0.2) is 24.0 Å². The summed E-state index contributed by atoms with van der Waals surface area (Å²) in [6.45, 7) is 1.83. The second-order valence-corrected chi connectivity index (χ2v) is 6.51. The standard InChI is InChI=1S/C18H19FN2O2/c1-10-2-4-12(13(19)8-10)16-6-7-17(23-16)18(22)21-15-9-11-3-5-14(15)20-11/h2,4,6-8,11,14-15,20H,3,5,9H2,1H3,(H,21,22). The zero-order chi connectivity index (χ0) is 16.0. The minimum atomic E-state index is -0.344. The molecular weight excluding hydrogens is 295 g/mol. The highest BCUT2D eigenvalue weighted by atomic mass is 19.1. The maximum atomic E-state index is 14.0. The fourth-order valence-corrected chi connectivity index (χ4v) is 3.65. The van der Waals surface area contributed by atoms with Crippen LogP contribution in [0.2, 0.25) is 0 Å². The molecule has 1 aromatic heterocycles. The Labute approximate surface area is 134 Å². The average molecular weight is 314 g/mol. The van der Waals surface area contributed by atoms with Crippen LogP contribution in [0, 0.1) is 12.7 Å². The SMILES string of the molecule is Cc1ccc(-c2ccc(C(=O)NC3CC4CCC3N4)o2)c(F)c1. The fourth-order valence-electron chi connectivity index (χ4n) is 3.65. The van der Waals surface area contributed by atoms with Crippen molar-refractivity contribution in [3.05, 3.63) is 47.5 Å². The van der Waals surface area contributed by atoms with Crippen molar-refractivity contribution in [2.75, 3.05) is 0 Å². The van der Waals surface area contributed by atoms with Crippen LogP contribution in [0.3, 0.4) is 0 Å². The average Bonchev–Trinajstić information content (AvgIpc) is 3.23. The predicted molar refractivity (Wildman–Crippen MR) is 84.7 cm³/mol. The summed E-state index contributed by atoms with van der Waals surface area (Å²) in [7, 11) is 0. The molecule has 3 unspecified atom stereocenters. The number of benzene rings is 1. The molecule has 2 bridgehead atoms. The lowest BCUT2D eigenvalue weighted by atomic mass is 9.95. The van der Waals surface area contributed by atoms with Crippen molar-refractivity contribution >= 4 is 5.91 Å². The molecule has 4 rings (SSSR count). The van der Waals surface area contributed by atoms with Gasteiger partial charge in [-0.1, -0.05) is 6.07 Å². The van der Waals surface area contributed by atoms with Gasteiger partial charge in [0.2, 0.25) is 0 Å². The zero-order valence-corrected chi connectivity index (χ0v) is 12.9. The smallest absolute Gasteiger partial charge is 0.287 e. The predicted octanol–water partition coefficient (Wildman–Crippen LogP) is 3.02. The van der Waals surface area contributed by atoms with Gasteiger partial charge in [0.15, 0.2) is 5.76 Å². The third kappa shape index (κ3) is 2.65. The van der Waals surface area contributed by atoms with Crippen LogP contribution in [0.5, 0.6) is 0 Å². The van der Waals surface area contributed by atoms with E-state index in [9.17, 15) is 9.18 Å². The van der Waals surface area contributed by atoms with E-state index in [1.165, 1.54) is 12.5 Å². The molecule has 2 N–H and O–H groups in total. The first-order chi connectivity index (χ1) is 11.1. The number of carbonyl (C=O) groups excluding carboxylic acids is 1. The van der Waals surface area contributed by atoms with Crippen molar-refractivity contribution in [2.45, 2.75) is 44.3 Å². The van der Waals surface area contributed by atoms with Gasteiger partial charge in [0.25, 0.3) is 5.91 Å². The largest absolute Gasteiger partial charge is 0.451 e. The summed E-state index contributed by atoms with van der Waals surface area (Å²) in [5, 5.41) is 6.51. The Morgan fingerprint density at radius 2 is 2.17 bits per heavy atom. The summed E-state index contributed by atoms with van der Waals surface area (Å²) in [5.41, 5.74) is 1.22. The van der Waals surface area contributed by atoms with E-state index in [0.717, 1.165) is 18.4 Å². The zero-order valence-electron chi connectivity index (χ0n) is 12.9. The molecule has 2 aromatic rings. The molecule has 5 heteroatoms. The first-order valence-corrected chi connectivity index (χ1v) is 8.03. The van der Waals surface area contributed by atoms with E-state index >= 15 is 0 Å². The molecule has 2 fully saturated rings. The summed E-state index contributed by atoms with van der Waals surface area (Å²) >= 11 is 0. The Balaban J connectivity index is 1.50. The number of furan rings is 1. The molecule has 0 spiro atoms. The highest BCUT2D eigenvalue weighted by molar-refractivity contribution is 5.92. The quantitative estimate of drug-likeness (QED) is 0.915. The van der Waals surface area contributed by atoms with E-state index in [4.69, 9.17) is 4.42 Å². The lowest BCUT2D eigenvalue weighted by Crippen LogP contribution is -2.42. The van der Waals surface area contributed by atoms with E-state index in [1.807, 2.05) is 13.0 Å². The number of hydrogen-bond acceptors (Lipinski definition) is 3. The monoisotopic (exact) mass is 314 g/mol. The van der Waals surface area contributed by atoms with Crippen molar-refractivity contribution in [3.8, 4) is 11.3 Å². The molecule has 2 aliphatic rings. The Kier molecular flexibility index (Phi) is 3.45. The van der Waals surface area contributed by atoms with Crippen molar-refractivity contribution in [3.63, 3.8) is 0 Å². The highest BCUT2D eigenvalue weighted by Gasteiger charge is 2.39. The summed E-state index contributed by atoms with van der Waals surface area (Å²) in [6, 6.07) is 9.25. The van der Waals surface area contributed by atoms with E-state index in [2.05, 4.69) is 10.6 Å². The summed E-state index contributed by atoms with van der Waals surface area (Å²) in [5.74, 6) is 0.0215. The van der Waals surface area contributed by atoms with Crippen molar-refractivity contribution in [1.82, 2.24) is 10.6 Å². The topological polar surface area (TPSA) is 54.3 Å². The number of carbonyl (C=O) groups is 1. The van der Waals surface area contributed by atoms with Crippen LogP contribution in [0.1, 0.15) is 35.4 Å². The molecule has 3 atom stereocenters. The lowest BCUT2D eigenvalue weighted by Gasteiger charge is -2.20. The summed E-state index contributed by atoms with van der Waals surface area (Å²) in [6.07, 6.45) is 3.26. The number of aryl methyl sites for hydroxylation is 1. The Bertz CT molecular complexity index is 755. The van der Waals surface area contributed by atoms with Gasteiger partial charge in [0, 0.05) is 18.1 Å². The fraction of sp³-hybridized carbons (Fsp3) is 0.389. The minimum absolute atomic E-state index is 0.158. The van der Waals surface area contributed by atoms with Crippen LogP contribution >= 0.6 is 0 Å². The molecule has 0 aliphatic carbocycles. The lowest BCUT2D eigenvalue weighted by molar-refractivity contribution is 0.0903. The first kappa shape index (κ1) is 14.5. The first-order valence-electron chi connectivity index (χ1n) is 8.03. The summed E-state index contributed by atoms with van der Waals surface area (Å²) in [4.78, 5) is 12.3. The van der Waals surface area contributed by atoms with Gasteiger partial charge >= 0.3 is 0 Å². The minimum Gasteiger partial charge on any atom is -0.451 e. The molecule has 1 amide bonds. The van der Waals surface area contributed by atoms with Crippen LogP contribution in [0.4, 0.5) is 4.39 Å². The number of hydrogen-bond donors (Lipinski definition) is 2. The third-order valence-corrected chi connectivity index (χ3v) is 4.84. The molecule has 4 nitrogen and oxygen atoms in total. The molecule has 3 heterocycles. The molecule has 0 radical (unpaired) electrons. The second kappa shape index (κ2) is 5.49. The van der Waals surface area contributed by atoms with Crippen molar-refractivity contribution in [1.29, 1.82) is 0 Å². The molecule has 23 heavy (non-hydrogen) atoms. The van der Waals surface area contributed by atoms with Gasteiger partial charge in [0.1, 0.15) is 11.6 Å². The Morgan fingerprint density at radius 3 is 2.87 bits per heavy atom. The van der Waals surface area contributed by atoms with Crippen LogP contribution < -0.4 is 10.6 Å². The third-order valence-electron chi connectivity index (χ3n) is 4.84. The van der Waals surface area contributed by atoms with Crippen molar-refractivity contribution in [2.24, 2.45) is 0 Å². The maximum Gasteiger partial charge on any atom is 0.287 e. The molecule has 2 saturated heterocycles. The molecular formula is C18H19FN2O2. The van der Waals surface area contributed by atoms with Gasteiger partial charge < -0.3 is 15.1 Å². The van der Waals surface area contributed by atoms with Gasteiger partial charge in [0.05, 0.1) is 5.56 Å². The number of nitrogens with one attached hydrogen (secondary N) is 2. The number of amides is 1. The van der Waals surface area contributed by atoms with Crippen molar-refractivity contribution < 1.29 is 13.6 Å². The van der Waals surface area contributed by atoms with Gasteiger partial charge in [-0.25, -0.2) is 4.39 Å². The van der Waals surface area contributed by atoms with E-state index in [-0.39, 0.29) is 23.5 Å². The van der Waals surface area contributed by atoms with Gasteiger partial charge in [-0.2, -0.15) is 0 Å². The van der Waals surface area contributed by atoms with E-state index in [1.54, 1.807) is 18.2 Å². The van der Waals surface area contributed by atoms with Gasteiger partial charge in [-0.3, -0.25) is 4.79 Å². The Morgan fingerprint density at radius 1 is 1.30 bits per heavy atom. The van der Waals surface area contributed by atoms with E-state index in [0.29, 0.717) is 23.4 Å². The number of halogens is 1. The van der Waals surface area contributed by atoms with Crippen LogP contribution in [0.15, 0.2) is 34.7 Å².